The summed E-state index contributed by atoms with van der Waals surface area (Å²) < 4.78 is 10.1. The molecular weight excluding hydrogens is 456 g/mol. The van der Waals surface area contributed by atoms with E-state index in [9.17, 15) is 14.7 Å². The number of aryl methyl sites for hydroxylation is 1. The summed E-state index contributed by atoms with van der Waals surface area (Å²) in [7, 11) is 4.80. The van der Waals surface area contributed by atoms with E-state index in [1.165, 1.54) is 7.05 Å². The summed E-state index contributed by atoms with van der Waals surface area (Å²) in [6, 6.07) is 22.0. The molecule has 0 saturated carbocycles. The summed E-state index contributed by atoms with van der Waals surface area (Å²) in [5, 5.41) is 14.0. The number of phenols is 1. The summed E-state index contributed by atoms with van der Waals surface area (Å²) in [4.78, 5) is 26.8. The number of benzene rings is 3. The minimum atomic E-state index is -0.398. The molecule has 0 bridgehead atoms. The third-order valence-corrected chi connectivity index (χ3v) is 6.92. The molecule has 1 unspecified atom stereocenters. The number of nitrogens with one attached hydrogen (secondary N) is 1. The minimum Gasteiger partial charge on any atom is -0.508 e. The fraction of sp³-hybridized carbons (Fsp3) is 0.143. The third-order valence-electron chi connectivity index (χ3n) is 6.92. The number of aromatic nitrogens is 3. The topological polar surface area (TPSA) is 90.4 Å². The van der Waals surface area contributed by atoms with E-state index in [1.54, 1.807) is 30.9 Å². The van der Waals surface area contributed by atoms with Gasteiger partial charge < -0.3 is 19.7 Å². The van der Waals surface area contributed by atoms with Gasteiger partial charge in [-0.25, -0.2) is 4.79 Å². The van der Waals surface area contributed by atoms with E-state index >= 15 is 0 Å². The van der Waals surface area contributed by atoms with Gasteiger partial charge in [0.15, 0.2) is 0 Å². The van der Waals surface area contributed by atoms with Gasteiger partial charge in [-0.1, -0.05) is 24.3 Å². The maximum atomic E-state index is 13.7. The summed E-state index contributed by atoms with van der Waals surface area (Å²) in [6.45, 7) is 0. The molecule has 1 aliphatic rings. The number of para-hydroxylation sites is 2. The molecule has 3 heterocycles. The normalized spacial score (nSPS) is 14.2. The zero-order chi connectivity index (χ0) is 25.1. The van der Waals surface area contributed by atoms with Gasteiger partial charge in [0, 0.05) is 14.1 Å². The predicted octanol–water partition coefficient (Wildman–Crippen LogP) is 3.92. The van der Waals surface area contributed by atoms with E-state index in [4.69, 9.17) is 4.74 Å². The molecule has 0 amide bonds. The highest BCUT2D eigenvalue weighted by atomic mass is 16.5. The lowest BCUT2D eigenvalue weighted by molar-refractivity contribution is 0.415. The molecule has 3 aromatic carbocycles. The second kappa shape index (κ2) is 7.91. The van der Waals surface area contributed by atoms with Crippen molar-refractivity contribution < 1.29 is 9.84 Å². The van der Waals surface area contributed by atoms with Crippen LogP contribution in [0.15, 0.2) is 82.4 Å². The van der Waals surface area contributed by atoms with Gasteiger partial charge in [-0.15, -0.1) is 0 Å². The van der Waals surface area contributed by atoms with Crippen LogP contribution in [0.3, 0.4) is 0 Å². The predicted molar refractivity (Wildman–Crippen MR) is 139 cm³/mol. The Kier molecular flexibility index (Phi) is 4.79. The SMILES string of the molecule is COc1ccc(-c2c3c(=O)n(C)c(=O)n(C)c3c3n2-c2ccccc2NC3c2ccc(O)cc2)cc1. The Morgan fingerprint density at radius 1 is 0.889 bits per heavy atom. The van der Waals surface area contributed by atoms with Crippen LogP contribution in [-0.4, -0.2) is 25.9 Å². The maximum Gasteiger partial charge on any atom is 0.331 e. The molecule has 8 heteroatoms. The molecule has 0 spiro atoms. The van der Waals surface area contributed by atoms with Crippen LogP contribution >= 0.6 is 0 Å². The number of fused-ring (bicyclic) bond motifs is 5. The molecular formula is C28H24N4O4. The molecule has 2 aromatic heterocycles. The highest BCUT2D eigenvalue weighted by molar-refractivity contribution is 5.99. The number of ether oxygens (including phenoxy) is 1. The summed E-state index contributed by atoms with van der Waals surface area (Å²) in [5.74, 6) is 0.869. The number of hydrogen-bond acceptors (Lipinski definition) is 5. The Morgan fingerprint density at radius 3 is 2.28 bits per heavy atom. The van der Waals surface area contributed by atoms with Crippen molar-refractivity contribution in [2.45, 2.75) is 6.04 Å². The number of anilines is 1. The van der Waals surface area contributed by atoms with Crippen molar-refractivity contribution in [2.75, 3.05) is 12.4 Å². The molecule has 0 fully saturated rings. The fourth-order valence-corrected chi connectivity index (χ4v) is 5.16. The molecule has 0 saturated heterocycles. The first kappa shape index (κ1) is 21.8. The molecule has 1 aliphatic heterocycles. The number of phenolic OH excluding ortho intramolecular Hbond substituents is 1. The lowest BCUT2D eigenvalue weighted by Crippen LogP contribution is -2.37. The maximum absolute atomic E-state index is 13.7. The van der Waals surface area contributed by atoms with Crippen molar-refractivity contribution in [1.82, 2.24) is 13.7 Å². The Balaban J connectivity index is 1.83. The molecule has 0 aliphatic carbocycles. The van der Waals surface area contributed by atoms with Gasteiger partial charge in [-0.05, 0) is 59.7 Å². The molecule has 5 aromatic rings. The molecule has 2 N–H and O–H groups in total. The lowest BCUT2D eigenvalue weighted by atomic mass is 9.99. The van der Waals surface area contributed by atoms with Crippen LogP contribution in [0, 0.1) is 0 Å². The molecule has 6 rings (SSSR count). The molecule has 1 atom stereocenters. The zero-order valence-corrected chi connectivity index (χ0v) is 20.0. The van der Waals surface area contributed by atoms with Crippen LogP contribution in [0.4, 0.5) is 5.69 Å². The average molecular weight is 481 g/mol. The van der Waals surface area contributed by atoms with E-state index in [-0.39, 0.29) is 17.4 Å². The third kappa shape index (κ3) is 3.00. The zero-order valence-electron chi connectivity index (χ0n) is 20.0. The largest absolute Gasteiger partial charge is 0.508 e. The Hall–Kier alpha value is -4.72. The van der Waals surface area contributed by atoms with Crippen LogP contribution in [0.5, 0.6) is 11.5 Å². The standard InChI is InChI=1S/C28H24N4O4/c1-30-25-22(27(34)31(2)28(30)35)24(17-10-14-19(36-3)15-11-17)32-21-7-5-4-6-20(21)29-23(26(25)32)16-8-12-18(33)13-9-16/h4-15,23,29,33H,1-3H3. The fourth-order valence-electron chi connectivity index (χ4n) is 5.16. The van der Waals surface area contributed by atoms with Gasteiger partial charge in [-0.2, -0.15) is 0 Å². The van der Waals surface area contributed by atoms with Gasteiger partial charge in [0.1, 0.15) is 11.5 Å². The second-order valence-electron chi connectivity index (χ2n) is 8.91. The first-order chi connectivity index (χ1) is 17.4. The van der Waals surface area contributed by atoms with Crippen LogP contribution in [0.25, 0.3) is 27.8 Å². The van der Waals surface area contributed by atoms with Gasteiger partial charge >= 0.3 is 5.69 Å². The van der Waals surface area contributed by atoms with Crippen LogP contribution in [0.1, 0.15) is 17.3 Å². The van der Waals surface area contributed by atoms with Crippen molar-refractivity contribution in [3.05, 3.63) is 105 Å². The Labute approximate surface area is 206 Å². The average Bonchev–Trinajstić information content (AvgIpc) is 3.27. The van der Waals surface area contributed by atoms with Crippen molar-refractivity contribution in [3.8, 4) is 28.4 Å². The van der Waals surface area contributed by atoms with E-state index in [0.717, 1.165) is 32.8 Å². The van der Waals surface area contributed by atoms with E-state index < -0.39 is 5.69 Å². The van der Waals surface area contributed by atoms with E-state index in [0.29, 0.717) is 22.3 Å². The number of aromatic hydroxyl groups is 1. The quantitative estimate of drug-likeness (QED) is 0.409. The lowest BCUT2D eigenvalue weighted by Gasteiger charge is -2.31. The second-order valence-corrected chi connectivity index (χ2v) is 8.91. The van der Waals surface area contributed by atoms with Gasteiger partial charge in [0.25, 0.3) is 5.56 Å². The van der Waals surface area contributed by atoms with Crippen molar-refractivity contribution in [3.63, 3.8) is 0 Å². The van der Waals surface area contributed by atoms with Crippen molar-refractivity contribution >= 4 is 16.6 Å². The van der Waals surface area contributed by atoms with Crippen LogP contribution in [0.2, 0.25) is 0 Å². The molecule has 36 heavy (non-hydrogen) atoms. The van der Waals surface area contributed by atoms with Crippen molar-refractivity contribution in [2.24, 2.45) is 14.1 Å². The van der Waals surface area contributed by atoms with Gasteiger partial charge in [0.05, 0.1) is 46.8 Å². The number of methoxy groups -OCH3 is 1. The monoisotopic (exact) mass is 480 g/mol. The Bertz CT molecular complexity index is 1760. The van der Waals surface area contributed by atoms with Crippen molar-refractivity contribution in [1.29, 1.82) is 0 Å². The van der Waals surface area contributed by atoms with Crippen LogP contribution < -0.4 is 21.3 Å². The number of hydrogen-bond donors (Lipinski definition) is 2. The highest BCUT2D eigenvalue weighted by Gasteiger charge is 2.34. The highest BCUT2D eigenvalue weighted by Crippen LogP contribution is 2.45. The van der Waals surface area contributed by atoms with Gasteiger partial charge in [0.2, 0.25) is 0 Å². The molecule has 0 radical (unpaired) electrons. The minimum absolute atomic E-state index is 0.162. The molecule has 8 nitrogen and oxygen atoms in total. The van der Waals surface area contributed by atoms with Crippen LogP contribution in [-0.2, 0) is 14.1 Å². The van der Waals surface area contributed by atoms with E-state index in [1.807, 2.05) is 60.7 Å². The number of nitrogens with zero attached hydrogens (tertiary/aromatic N) is 3. The van der Waals surface area contributed by atoms with E-state index in [2.05, 4.69) is 9.88 Å². The summed E-state index contributed by atoms with van der Waals surface area (Å²) in [5.41, 5.74) is 4.76. The Morgan fingerprint density at radius 2 is 1.58 bits per heavy atom. The summed E-state index contributed by atoms with van der Waals surface area (Å²) >= 11 is 0. The first-order valence-electron chi connectivity index (χ1n) is 11.5. The summed E-state index contributed by atoms with van der Waals surface area (Å²) in [6.07, 6.45) is 0. The van der Waals surface area contributed by atoms with Gasteiger partial charge in [-0.3, -0.25) is 13.9 Å². The smallest absolute Gasteiger partial charge is 0.331 e. The first-order valence-corrected chi connectivity index (χ1v) is 11.5. The molecule has 180 valence electrons. The number of rotatable bonds is 3.